The van der Waals surface area contributed by atoms with Crippen molar-refractivity contribution in [1.29, 1.82) is 0 Å². The summed E-state index contributed by atoms with van der Waals surface area (Å²) < 4.78 is 5.16. The zero-order valence-electron chi connectivity index (χ0n) is 11.2. The summed E-state index contributed by atoms with van der Waals surface area (Å²) in [6.45, 7) is 7.90. The number of carboxylic acid groups (broad SMARTS) is 1. The lowest BCUT2D eigenvalue weighted by Gasteiger charge is -2.23. The van der Waals surface area contributed by atoms with Crippen LogP contribution in [0, 0.1) is 0 Å². The van der Waals surface area contributed by atoms with Crippen molar-refractivity contribution in [2.75, 3.05) is 19.6 Å². The molecule has 0 saturated carbocycles. The molecular weight excluding hydrogens is 222 g/mol. The van der Waals surface area contributed by atoms with Crippen molar-refractivity contribution in [3.05, 3.63) is 0 Å². The van der Waals surface area contributed by atoms with Crippen molar-refractivity contribution in [3.63, 3.8) is 0 Å². The monoisotopic (exact) mass is 245 g/mol. The van der Waals surface area contributed by atoms with Crippen LogP contribution >= 0.6 is 0 Å². The molecule has 0 bridgehead atoms. The summed E-state index contributed by atoms with van der Waals surface area (Å²) in [5, 5.41) is 8.73. The van der Waals surface area contributed by atoms with Gasteiger partial charge in [-0.15, -0.1) is 0 Å². The van der Waals surface area contributed by atoms with Gasteiger partial charge in [0, 0.05) is 0 Å². The summed E-state index contributed by atoms with van der Waals surface area (Å²) in [5.41, 5.74) is -0.531. The lowest BCUT2D eigenvalue weighted by Crippen LogP contribution is -2.38. The minimum Gasteiger partial charge on any atom is -0.480 e. The van der Waals surface area contributed by atoms with Crippen LogP contribution in [0.4, 0.5) is 0 Å². The van der Waals surface area contributed by atoms with Crippen molar-refractivity contribution in [2.24, 2.45) is 0 Å². The minimum absolute atomic E-state index is 0.0313. The zero-order chi connectivity index (χ0) is 13.5. The highest BCUT2D eigenvalue weighted by Crippen LogP contribution is 2.07. The van der Waals surface area contributed by atoms with E-state index in [9.17, 15) is 9.59 Å². The van der Waals surface area contributed by atoms with Gasteiger partial charge in [0.25, 0.3) is 0 Å². The molecule has 17 heavy (non-hydrogen) atoms. The van der Waals surface area contributed by atoms with Crippen LogP contribution in [0.25, 0.3) is 0 Å². The van der Waals surface area contributed by atoms with E-state index < -0.39 is 11.6 Å². The van der Waals surface area contributed by atoms with Crippen LogP contribution in [0.5, 0.6) is 0 Å². The van der Waals surface area contributed by atoms with Gasteiger partial charge in [0.15, 0.2) is 0 Å². The number of rotatable bonds is 7. The summed E-state index contributed by atoms with van der Waals surface area (Å²) in [6, 6.07) is 0. The van der Waals surface area contributed by atoms with Gasteiger partial charge >= 0.3 is 11.9 Å². The van der Waals surface area contributed by atoms with Gasteiger partial charge in [-0.05, 0) is 33.7 Å². The second kappa shape index (κ2) is 7.27. The molecule has 100 valence electrons. The van der Waals surface area contributed by atoms with Crippen molar-refractivity contribution in [3.8, 4) is 0 Å². The predicted octanol–water partition coefficient (Wildman–Crippen LogP) is 1.51. The number of carbonyl (C=O) groups is 2. The molecule has 0 rings (SSSR count). The highest BCUT2D eigenvalue weighted by atomic mass is 16.6. The van der Waals surface area contributed by atoms with E-state index in [1.54, 1.807) is 25.7 Å². The number of hydrogen-bond acceptors (Lipinski definition) is 4. The van der Waals surface area contributed by atoms with Gasteiger partial charge in [0.05, 0.1) is 13.1 Å². The molecule has 0 aliphatic rings. The SMILES string of the molecule is CCCCN(CC(=O)O)CC(=O)OC(C)(C)C. The first-order valence-electron chi connectivity index (χ1n) is 5.90. The molecule has 1 N–H and O–H groups in total. The Kier molecular flexibility index (Phi) is 6.80. The van der Waals surface area contributed by atoms with Crippen LogP contribution in [0.2, 0.25) is 0 Å². The molecule has 0 aromatic rings. The molecule has 0 atom stereocenters. The lowest BCUT2D eigenvalue weighted by molar-refractivity contribution is -0.156. The number of carboxylic acids is 1. The molecule has 0 aromatic heterocycles. The molecule has 0 radical (unpaired) electrons. The van der Waals surface area contributed by atoms with Crippen LogP contribution in [-0.4, -0.2) is 47.2 Å². The number of esters is 1. The van der Waals surface area contributed by atoms with E-state index in [4.69, 9.17) is 9.84 Å². The molecular formula is C12H23NO4. The number of carbonyl (C=O) groups excluding carboxylic acids is 1. The highest BCUT2D eigenvalue weighted by Gasteiger charge is 2.19. The molecule has 0 spiro atoms. The Morgan fingerprint density at radius 1 is 1.24 bits per heavy atom. The molecule has 0 heterocycles. The largest absolute Gasteiger partial charge is 0.480 e. The Morgan fingerprint density at radius 3 is 2.24 bits per heavy atom. The topological polar surface area (TPSA) is 66.8 Å². The van der Waals surface area contributed by atoms with Gasteiger partial charge in [0.2, 0.25) is 0 Å². The van der Waals surface area contributed by atoms with E-state index in [1.165, 1.54) is 0 Å². The zero-order valence-corrected chi connectivity index (χ0v) is 11.2. The molecule has 0 fully saturated rings. The molecule has 0 unspecified atom stereocenters. The standard InChI is InChI=1S/C12H23NO4/c1-5-6-7-13(8-10(14)15)9-11(16)17-12(2,3)4/h5-9H2,1-4H3,(H,14,15). The van der Waals surface area contributed by atoms with Crippen LogP contribution in [-0.2, 0) is 14.3 Å². The Hall–Kier alpha value is -1.10. The molecule has 0 aromatic carbocycles. The number of nitrogens with zero attached hydrogens (tertiary/aromatic N) is 1. The summed E-state index contributed by atoms with van der Waals surface area (Å²) in [5.74, 6) is -1.31. The van der Waals surface area contributed by atoms with Gasteiger partial charge in [-0.2, -0.15) is 0 Å². The summed E-state index contributed by atoms with van der Waals surface area (Å²) in [7, 11) is 0. The van der Waals surface area contributed by atoms with Crippen molar-refractivity contribution in [1.82, 2.24) is 4.90 Å². The Bertz CT molecular complexity index is 258. The third kappa shape index (κ3) is 9.81. The van der Waals surface area contributed by atoms with Gasteiger partial charge in [-0.3, -0.25) is 14.5 Å². The number of hydrogen-bond donors (Lipinski definition) is 1. The van der Waals surface area contributed by atoms with Crippen molar-refractivity contribution < 1.29 is 19.4 Å². The van der Waals surface area contributed by atoms with Gasteiger partial charge < -0.3 is 9.84 Å². The number of ether oxygens (including phenoxy) is 1. The summed E-state index contributed by atoms with van der Waals surface area (Å²) >= 11 is 0. The van der Waals surface area contributed by atoms with Crippen LogP contribution in [0.3, 0.4) is 0 Å². The molecule has 5 heteroatoms. The predicted molar refractivity (Wildman–Crippen MR) is 64.8 cm³/mol. The Morgan fingerprint density at radius 2 is 1.82 bits per heavy atom. The number of aliphatic carboxylic acids is 1. The molecule has 5 nitrogen and oxygen atoms in total. The second-order valence-electron chi connectivity index (χ2n) is 5.04. The summed E-state index contributed by atoms with van der Waals surface area (Å²) in [4.78, 5) is 23.8. The molecule has 0 aliphatic heterocycles. The Labute approximate surface area is 103 Å². The van der Waals surface area contributed by atoms with Gasteiger partial charge in [-0.1, -0.05) is 13.3 Å². The van der Waals surface area contributed by atoms with Crippen LogP contribution < -0.4 is 0 Å². The quantitative estimate of drug-likeness (QED) is 0.689. The Balaban J connectivity index is 4.21. The third-order valence-corrected chi connectivity index (χ3v) is 1.96. The average Bonchev–Trinajstić information content (AvgIpc) is 2.09. The second-order valence-corrected chi connectivity index (χ2v) is 5.04. The fourth-order valence-corrected chi connectivity index (χ4v) is 1.34. The minimum atomic E-state index is -0.926. The average molecular weight is 245 g/mol. The first-order chi connectivity index (χ1) is 7.74. The lowest BCUT2D eigenvalue weighted by atomic mass is 10.2. The van der Waals surface area contributed by atoms with Crippen LogP contribution in [0.15, 0.2) is 0 Å². The van der Waals surface area contributed by atoms with Crippen molar-refractivity contribution >= 4 is 11.9 Å². The van der Waals surface area contributed by atoms with E-state index in [0.29, 0.717) is 6.54 Å². The van der Waals surface area contributed by atoms with E-state index in [2.05, 4.69) is 0 Å². The van der Waals surface area contributed by atoms with E-state index >= 15 is 0 Å². The van der Waals surface area contributed by atoms with Crippen LogP contribution in [0.1, 0.15) is 40.5 Å². The smallest absolute Gasteiger partial charge is 0.320 e. The van der Waals surface area contributed by atoms with E-state index in [0.717, 1.165) is 12.8 Å². The fourth-order valence-electron chi connectivity index (χ4n) is 1.34. The first-order valence-corrected chi connectivity index (χ1v) is 5.90. The molecule has 0 aliphatic carbocycles. The van der Waals surface area contributed by atoms with E-state index in [-0.39, 0.29) is 19.1 Å². The van der Waals surface area contributed by atoms with Gasteiger partial charge in [-0.25, -0.2) is 0 Å². The number of unbranched alkanes of at least 4 members (excludes halogenated alkanes) is 1. The maximum Gasteiger partial charge on any atom is 0.320 e. The maximum absolute atomic E-state index is 11.6. The van der Waals surface area contributed by atoms with E-state index in [1.807, 2.05) is 6.92 Å². The molecule has 0 saturated heterocycles. The maximum atomic E-state index is 11.6. The third-order valence-electron chi connectivity index (χ3n) is 1.96. The van der Waals surface area contributed by atoms with Crippen molar-refractivity contribution in [2.45, 2.75) is 46.1 Å². The summed E-state index contributed by atoms with van der Waals surface area (Å²) in [6.07, 6.45) is 1.83. The molecule has 0 amide bonds. The fraction of sp³-hybridized carbons (Fsp3) is 0.833. The van der Waals surface area contributed by atoms with Gasteiger partial charge in [0.1, 0.15) is 5.60 Å². The first kappa shape index (κ1) is 15.9. The normalized spacial score (nSPS) is 11.6. The highest BCUT2D eigenvalue weighted by molar-refractivity contribution is 5.74.